The van der Waals surface area contributed by atoms with Crippen molar-refractivity contribution in [2.45, 2.75) is 12.5 Å². The highest BCUT2D eigenvalue weighted by atomic mass is 32.2. The summed E-state index contributed by atoms with van der Waals surface area (Å²) in [4.78, 5) is 23.4. The van der Waals surface area contributed by atoms with Gasteiger partial charge in [-0.15, -0.1) is 11.8 Å². The maximum absolute atomic E-state index is 11.4. The Bertz CT molecular complexity index is 1020. The standard InChI is InChI=1S/C19H18N4O3S/c1-25-17(24)7-12-10-27-19(22-12)16-6-11-5-14(8-15(20)18(11)23-16)26-13-3-2-4-21-9-13/h2-6,8-9,12,23H,7,10,20H2,1H3/t12-/m1/s1. The zero-order valence-electron chi connectivity index (χ0n) is 14.6. The number of thioether (sulfide) groups is 1. The maximum Gasteiger partial charge on any atom is 0.307 e. The van der Waals surface area contributed by atoms with Crippen molar-refractivity contribution in [1.82, 2.24) is 9.97 Å². The predicted octanol–water partition coefficient (Wildman–Crippen LogP) is 3.36. The van der Waals surface area contributed by atoms with Crippen LogP contribution in [0.3, 0.4) is 0 Å². The summed E-state index contributed by atoms with van der Waals surface area (Å²) in [6, 6.07) is 9.27. The molecule has 1 aliphatic heterocycles. The summed E-state index contributed by atoms with van der Waals surface area (Å²) in [6.45, 7) is 0. The fourth-order valence-electron chi connectivity index (χ4n) is 2.90. The Labute approximate surface area is 160 Å². The van der Waals surface area contributed by atoms with Gasteiger partial charge in [0.2, 0.25) is 0 Å². The highest BCUT2D eigenvalue weighted by Crippen LogP contribution is 2.33. The second-order valence-corrected chi connectivity index (χ2v) is 7.14. The van der Waals surface area contributed by atoms with Gasteiger partial charge in [-0.05, 0) is 24.3 Å². The molecule has 0 saturated heterocycles. The number of carbonyl (C=O) groups excluding carboxylic acids is 1. The molecule has 0 bridgehead atoms. The maximum atomic E-state index is 11.4. The molecule has 1 aromatic carbocycles. The van der Waals surface area contributed by atoms with Crippen molar-refractivity contribution < 1.29 is 14.3 Å². The number of nitrogen functional groups attached to an aromatic ring is 1. The molecule has 1 atom stereocenters. The summed E-state index contributed by atoms with van der Waals surface area (Å²) in [7, 11) is 1.39. The average Bonchev–Trinajstić information content (AvgIpc) is 3.29. The summed E-state index contributed by atoms with van der Waals surface area (Å²) in [5.41, 5.74) is 8.51. The fraction of sp³-hybridized carbons (Fsp3) is 0.211. The van der Waals surface area contributed by atoms with Crippen LogP contribution in [0.15, 0.2) is 47.7 Å². The largest absolute Gasteiger partial charge is 0.469 e. The first-order valence-electron chi connectivity index (χ1n) is 8.40. The van der Waals surface area contributed by atoms with Crippen LogP contribution in [0.1, 0.15) is 12.1 Å². The molecule has 1 aliphatic rings. The SMILES string of the molecule is COC(=O)C[C@@H]1CSC(c2cc3cc(Oc4cccnc4)cc(N)c3[nH]2)=N1. The number of H-pyrrole nitrogens is 1. The Morgan fingerprint density at radius 3 is 3.04 bits per heavy atom. The van der Waals surface area contributed by atoms with E-state index in [1.54, 1.807) is 30.2 Å². The van der Waals surface area contributed by atoms with E-state index in [0.29, 0.717) is 23.6 Å². The van der Waals surface area contributed by atoms with Crippen molar-refractivity contribution in [2.75, 3.05) is 18.6 Å². The van der Waals surface area contributed by atoms with E-state index in [9.17, 15) is 4.79 Å². The van der Waals surface area contributed by atoms with Crippen molar-refractivity contribution in [3.8, 4) is 11.5 Å². The molecule has 7 nitrogen and oxygen atoms in total. The van der Waals surface area contributed by atoms with Crippen molar-refractivity contribution in [2.24, 2.45) is 4.99 Å². The zero-order chi connectivity index (χ0) is 18.8. The summed E-state index contributed by atoms with van der Waals surface area (Å²) in [5.74, 6) is 1.80. The number of hydrogen-bond donors (Lipinski definition) is 2. The number of nitrogens with zero attached hydrogens (tertiary/aromatic N) is 2. The number of aliphatic imine (C=N–C) groups is 1. The third-order valence-electron chi connectivity index (χ3n) is 4.18. The highest BCUT2D eigenvalue weighted by Gasteiger charge is 2.23. The van der Waals surface area contributed by atoms with Gasteiger partial charge in [0.15, 0.2) is 0 Å². The van der Waals surface area contributed by atoms with Gasteiger partial charge < -0.3 is 20.2 Å². The number of carbonyl (C=O) groups is 1. The molecule has 0 saturated carbocycles. The molecular formula is C19H18N4O3S. The molecule has 3 N–H and O–H groups in total. The Morgan fingerprint density at radius 1 is 1.37 bits per heavy atom. The third kappa shape index (κ3) is 3.75. The minimum atomic E-state index is -0.247. The lowest BCUT2D eigenvalue weighted by molar-refractivity contribution is -0.140. The molecule has 3 aromatic rings. The molecule has 0 aliphatic carbocycles. The summed E-state index contributed by atoms with van der Waals surface area (Å²) >= 11 is 1.61. The zero-order valence-corrected chi connectivity index (χ0v) is 15.5. The summed E-state index contributed by atoms with van der Waals surface area (Å²) < 4.78 is 10.6. The normalized spacial score (nSPS) is 16.3. The van der Waals surface area contributed by atoms with Crippen LogP contribution in [0.4, 0.5) is 5.69 Å². The molecule has 2 aromatic heterocycles. The molecule has 8 heteroatoms. The first kappa shape index (κ1) is 17.4. The smallest absolute Gasteiger partial charge is 0.307 e. The van der Waals surface area contributed by atoms with Crippen LogP contribution in [0.25, 0.3) is 10.9 Å². The molecule has 3 heterocycles. The van der Waals surface area contributed by atoms with E-state index in [0.717, 1.165) is 27.4 Å². The summed E-state index contributed by atoms with van der Waals surface area (Å²) in [6.07, 6.45) is 3.63. The van der Waals surface area contributed by atoms with Crippen molar-refractivity contribution in [3.63, 3.8) is 0 Å². The number of esters is 1. The Balaban J connectivity index is 1.60. The number of anilines is 1. The first-order chi connectivity index (χ1) is 13.1. The second kappa shape index (κ2) is 7.32. The van der Waals surface area contributed by atoms with E-state index in [4.69, 9.17) is 15.2 Å². The minimum absolute atomic E-state index is 0.0642. The number of nitrogens with one attached hydrogen (secondary N) is 1. The molecule has 0 fully saturated rings. The minimum Gasteiger partial charge on any atom is -0.469 e. The molecule has 0 radical (unpaired) electrons. The van der Waals surface area contributed by atoms with Crippen LogP contribution in [-0.2, 0) is 9.53 Å². The van der Waals surface area contributed by atoms with E-state index in [2.05, 4.69) is 15.0 Å². The van der Waals surface area contributed by atoms with Gasteiger partial charge in [-0.25, -0.2) is 0 Å². The van der Waals surface area contributed by atoms with Gasteiger partial charge in [-0.1, -0.05) is 0 Å². The Hall–Kier alpha value is -3.00. The molecule has 27 heavy (non-hydrogen) atoms. The number of hydrogen-bond acceptors (Lipinski definition) is 7. The van der Waals surface area contributed by atoms with Gasteiger partial charge in [-0.3, -0.25) is 14.8 Å². The molecule has 138 valence electrons. The second-order valence-electron chi connectivity index (χ2n) is 6.13. The van der Waals surface area contributed by atoms with Crippen LogP contribution in [0.5, 0.6) is 11.5 Å². The molecule has 0 amide bonds. The Morgan fingerprint density at radius 2 is 2.26 bits per heavy atom. The van der Waals surface area contributed by atoms with Crippen molar-refractivity contribution in [1.29, 1.82) is 0 Å². The predicted molar refractivity (Wildman–Crippen MR) is 106 cm³/mol. The first-order valence-corrected chi connectivity index (χ1v) is 9.39. The number of benzene rings is 1. The molecule has 4 rings (SSSR count). The lowest BCUT2D eigenvalue weighted by Crippen LogP contribution is -2.12. The van der Waals surface area contributed by atoms with Gasteiger partial charge in [0.05, 0.1) is 42.7 Å². The van der Waals surface area contributed by atoms with Gasteiger partial charge >= 0.3 is 5.97 Å². The van der Waals surface area contributed by atoms with Crippen LogP contribution >= 0.6 is 11.8 Å². The molecule has 0 unspecified atom stereocenters. The summed E-state index contributed by atoms with van der Waals surface area (Å²) in [5, 5.41) is 1.80. The van der Waals surface area contributed by atoms with Crippen molar-refractivity contribution >= 4 is 39.4 Å². The van der Waals surface area contributed by atoms with Gasteiger partial charge in [0.1, 0.15) is 16.5 Å². The van der Waals surface area contributed by atoms with E-state index in [1.807, 2.05) is 24.3 Å². The fourth-order valence-corrected chi connectivity index (χ4v) is 3.94. The monoisotopic (exact) mass is 382 g/mol. The Kier molecular flexibility index (Phi) is 4.72. The van der Waals surface area contributed by atoms with Crippen LogP contribution in [0.2, 0.25) is 0 Å². The number of aromatic nitrogens is 2. The van der Waals surface area contributed by atoms with Gasteiger partial charge in [0.25, 0.3) is 0 Å². The van der Waals surface area contributed by atoms with Crippen LogP contribution in [0, 0.1) is 0 Å². The topological polar surface area (TPSA) is 103 Å². The number of fused-ring (bicyclic) bond motifs is 1. The van der Waals surface area contributed by atoms with E-state index >= 15 is 0 Å². The quantitative estimate of drug-likeness (QED) is 0.518. The lowest BCUT2D eigenvalue weighted by Gasteiger charge is -2.06. The van der Waals surface area contributed by atoms with E-state index in [1.165, 1.54) is 7.11 Å². The van der Waals surface area contributed by atoms with Gasteiger partial charge in [0, 0.05) is 23.4 Å². The van der Waals surface area contributed by atoms with Crippen molar-refractivity contribution in [3.05, 3.63) is 48.4 Å². The average molecular weight is 382 g/mol. The molecule has 0 spiro atoms. The van der Waals surface area contributed by atoms with E-state index in [-0.39, 0.29) is 12.0 Å². The lowest BCUT2D eigenvalue weighted by atomic mass is 10.2. The number of ether oxygens (including phenoxy) is 2. The number of nitrogens with two attached hydrogens (primary N) is 1. The number of methoxy groups -OCH3 is 1. The number of aromatic amines is 1. The van der Waals surface area contributed by atoms with Crippen LogP contribution < -0.4 is 10.5 Å². The third-order valence-corrected chi connectivity index (χ3v) is 5.33. The number of pyridine rings is 1. The van der Waals surface area contributed by atoms with E-state index < -0.39 is 0 Å². The number of rotatable bonds is 5. The highest BCUT2D eigenvalue weighted by molar-refractivity contribution is 8.14. The molecular weight excluding hydrogens is 364 g/mol. The van der Waals surface area contributed by atoms with Gasteiger partial charge in [-0.2, -0.15) is 0 Å². The van der Waals surface area contributed by atoms with Crippen LogP contribution in [-0.4, -0.2) is 39.9 Å².